The number of aromatic nitrogens is 2. The molecule has 0 aliphatic rings. The number of nitrogens with one attached hydrogen (secondary N) is 1. The van der Waals surface area contributed by atoms with Gasteiger partial charge in [0.15, 0.2) is 0 Å². The monoisotopic (exact) mass is 164 g/mol. The van der Waals surface area contributed by atoms with E-state index in [9.17, 15) is 8.42 Å². The molecule has 0 unspecified atom stereocenters. The molecule has 0 spiro atoms. The summed E-state index contributed by atoms with van der Waals surface area (Å²) < 4.78 is 24.2. The molecule has 6 nitrogen and oxygen atoms in total. The van der Waals surface area contributed by atoms with Crippen LogP contribution in [0.5, 0.6) is 0 Å². The van der Waals surface area contributed by atoms with Crippen LogP contribution in [0.2, 0.25) is 0 Å². The van der Waals surface area contributed by atoms with E-state index in [0.29, 0.717) is 0 Å². The molecule has 0 saturated heterocycles. The summed E-state index contributed by atoms with van der Waals surface area (Å²) in [6.07, 6.45) is 2.53. The molecule has 0 bridgehead atoms. The summed E-state index contributed by atoms with van der Waals surface area (Å²) in [6, 6.07) is 0. The maximum absolute atomic E-state index is 10.5. The van der Waals surface area contributed by atoms with E-state index in [2.05, 4.69) is 14.3 Å². The zero-order valence-electron chi connectivity index (χ0n) is 4.68. The molecule has 2 N–H and O–H groups in total. The van der Waals surface area contributed by atoms with Crippen molar-refractivity contribution >= 4 is 10.1 Å². The van der Waals surface area contributed by atoms with E-state index in [4.69, 9.17) is 5.26 Å². The van der Waals surface area contributed by atoms with Crippen molar-refractivity contribution in [3.8, 4) is 0 Å². The SMILES string of the molecule is O=S(=O)(OO)c1ncc[nH]1. The predicted molar refractivity (Wildman–Crippen MR) is 29.5 cm³/mol. The highest BCUT2D eigenvalue weighted by Crippen LogP contribution is 2.01. The molecule has 0 radical (unpaired) electrons. The second kappa shape index (κ2) is 2.37. The number of H-pyrrole nitrogens is 1. The molecule has 1 aromatic heterocycles. The third kappa shape index (κ3) is 1.15. The third-order valence-electron chi connectivity index (χ3n) is 0.808. The van der Waals surface area contributed by atoms with Crippen molar-refractivity contribution in [2.24, 2.45) is 0 Å². The average molecular weight is 164 g/mol. The highest BCUT2D eigenvalue weighted by molar-refractivity contribution is 7.86. The molecule has 0 aliphatic heterocycles. The van der Waals surface area contributed by atoms with Crippen LogP contribution < -0.4 is 0 Å². The van der Waals surface area contributed by atoms with Crippen LogP contribution in [0.3, 0.4) is 0 Å². The van der Waals surface area contributed by atoms with E-state index in [1.807, 2.05) is 0 Å². The van der Waals surface area contributed by atoms with Gasteiger partial charge in [-0.25, -0.2) is 10.2 Å². The first kappa shape index (κ1) is 7.19. The molecular weight excluding hydrogens is 160 g/mol. The zero-order valence-corrected chi connectivity index (χ0v) is 5.50. The Balaban J connectivity index is 3.09. The number of hydrogen-bond acceptors (Lipinski definition) is 5. The largest absolute Gasteiger partial charge is 0.357 e. The molecule has 0 fully saturated rings. The molecular formula is C3H4N2O4S. The second-order valence-electron chi connectivity index (χ2n) is 1.42. The van der Waals surface area contributed by atoms with Crippen molar-refractivity contribution < 1.29 is 18.0 Å². The first-order valence-corrected chi connectivity index (χ1v) is 3.65. The van der Waals surface area contributed by atoms with Crippen molar-refractivity contribution in [1.82, 2.24) is 9.97 Å². The van der Waals surface area contributed by atoms with Crippen molar-refractivity contribution in [3.05, 3.63) is 12.4 Å². The minimum atomic E-state index is -4.07. The molecule has 0 aliphatic carbocycles. The first-order valence-electron chi connectivity index (χ1n) is 2.24. The van der Waals surface area contributed by atoms with Crippen molar-refractivity contribution in [1.29, 1.82) is 0 Å². The van der Waals surface area contributed by atoms with Crippen LogP contribution >= 0.6 is 0 Å². The molecule has 1 heterocycles. The van der Waals surface area contributed by atoms with Gasteiger partial charge in [-0.3, -0.25) is 0 Å². The number of rotatable bonds is 2. The lowest BCUT2D eigenvalue weighted by Crippen LogP contribution is -2.04. The van der Waals surface area contributed by atoms with Gasteiger partial charge in [0.1, 0.15) is 0 Å². The van der Waals surface area contributed by atoms with Gasteiger partial charge in [0, 0.05) is 12.4 Å². The summed E-state index contributed by atoms with van der Waals surface area (Å²) in [6.45, 7) is 0. The smallest absolute Gasteiger partial charge is 0.333 e. The highest BCUT2D eigenvalue weighted by atomic mass is 32.2. The molecule has 7 heteroatoms. The van der Waals surface area contributed by atoms with Gasteiger partial charge in [-0.1, -0.05) is 0 Å². The molecule has 1 aromatic rings. The highest BCUT2D eigenvalue weighted by Gasteiger charge is 2.16. The maximum atomic E-state index is 10.5. The van der Waals surface area contributed by atoms with E-state index in [1.165, 1.54) is 12.4 Å². The van der Waals surface area contributed by atoms with Gasteiger partial charge in [-0.2, -0.15) is 8.42 Å². The van der Waals surface area contributed by atoms with Gasteiger partial charge in [0.2, 0.25) is 0 Å². The topological polar surface area (TPSA) is 92.3 Å². The normalized spacial score (nSPS) is 11.7. The van der Waals surface area contributed by atoms with Gasteiger partial charge in [0.25, 0.3) is 5.16 Å². The van der Waals surface area contributed by atoms with Crippen LogP contribution in [0.25, 0.3) is 0 Å². The van der Waals surface area contributed by atoms with Crippen LogP contribution in [-0.4, -0.2) is 23.6 Å². The zero-order chi connectivity index (χ0) is 7.61. The Bertz CT molecular complexity index is 288. The Morgan fingerprint density at radius 3 is 2.80 bits per heavy atom. The molecule has 1 rings (SSSR count). The molecule has 10 heavy (non-hydrogen) atoms. The number of imidazole rings is 1. The van der Waals surface area contributed by atoms with Crippen LogP contribution in [0.1, 0.15) is 0 Å². The van der Waals surface area contributed by atoms with E-state index in [-0.39, 0.29) is 0 Å². The lowest BCUT2D eigenvalue weighted by molar-refractivity contribution is -0.131. The summed E-state index contributed by atoms with van der Waals surface area (Å²) in [5, 5.41) is 7.40. The lowest BCUT2D eigenvalue weighted by atomic mass is 11.0. The fraction of sp³-hybridized carbons (Fsp3) is 0. The summed E-state index contributed by atoms with van der Waals surface area (Å²) in [5.74, 6) is 0. The minimum absolute atomic E-state index is 0.421. The standard InChI is InChI=1S/C3H4N2O4S/c6-9-10(7,8)3-4-1-2-5-3/h1-2,6H,(H,4,5). The summed E-state index contributed by atoms with van der Waals surface area (Å²) >= 11 is 0. The Morgan fingerprint density at radius 2 is 2.40 bits per heavy atom. The minimum Gasteiger partial charge on any atom is -0.333 e. The lowest BCUT2D eigenvalue weighted by Gasteiger charge is -1.90. The van der Waals surface area contributed by atoms with Crippen LogP contribution in [0, 0.1) is 0 Å². The Hall–Kier alpha value is -0.920. The average Bonchev–Trinajstić information content (AvgIpc) is 2.38. The van der Waals surface area contributed by atoms with Crippen LogP contribution in [-0.2, 0) is 14.5 Å². The Labute approximate surface area is 56.5 Å². The predicted octanol–water partition coefficient (Wildman–Crippen LogP) is -0.412. The molecule has 0 atom stereocenters. The van der Waals surface area contributed by atoms with Gasteiger partial charge >= 0.3 is 10.1 Å². The summed E-state index contributed by atoms with van der Waals surface area (Å²) in [5.41, 5.74) is 0. The van der Waals surface area contributed by atoms with Crippen molar-refractivity contribution in [3.63, 3.8) is 0 Å². The van der Waals surface area contributed by atoms with Crippen LogP contribution in [0.15, 0.2) is 17.6 Å². The molecule has 0 saturated carbocycles. The van der Waals surface area contributed by atoms with Gasteiger partial charge in [-0.05, 0) is 0 Å². The molecule has 56 valence electrons. The fourth-order valence-corrected chi connectivity index (χ4v) is 0.896. The fourth-order valence-electron chi connectivity index (χ4n) is 0.423. The van der Waals surface area contributed by atoms with E-state index in [1.54, 1.807) is 0 Å². The molecule has 0 amide bonds. The van der Waals surface area contributed by atoms with Gasteiger partial charge in [-0.15, -0.1) is 4.33 Å². The summed E-state index contributed by atoms with van der Waals surface area (Å²) in [4.78, 5) is 5.57. The third-order valence-corrected chi connectivity index (χ3v) is 1.70. The number of nitrogens with zero attached hydrogens (tertiary/aromatic N) is 1. The van der Waals surface area contributed by atoms with Crippen molar-refractivity contribution in [2.75, 3.05) is 0 Å². The Morgan fingerprint density at radius 1 is 1.70 bits per heavy atom. The van der Waals surface area contributed by atoms with Gasteiger partial charge < -0.3 is 4.98 Å². The van der Waals surface area contributed by atoms with Crippen molar-refractivity contribution in [2.45, 2.75) is 5.16 Å². The first-order chi connectivity index (χ1) is 4.67. The van der Waals surface area contributed by atoms with E-state index >= 15 is 0 Å². The number of hydrogen-bond donors (Lipinski definition) is 2. The van der Waals surface area contributed by atoms with E-state index < -0.39 is 15.3 Å². The second-order valence-corrected chi connectivity index (χ2v) is 2.87. The number of aromatic amines is 1. The van der Waals surface area contributed by atoms with Crippen LogP contribution in [0.4, 0.5) is 0 Å². The van der Waals surface area contributed by atoms with Gasteiger partial charge in [0.05, 0.1) is 0 Å². The summed E-state index contributed by atoms with van der Waals surface area (Å²) in [7, 11) is -4.07. The van der Waals surface area contributed by atoms with E-state index in [0.717, 1.165) is 0 Å². The Kier molecular flexibility index (Phi) is 1.70. The maximum Gasteiger partial charge on any atom is 0.357 e. The quantitative estimate of drug-likeness (QED) is 0.457. The molecule has 0 aromatic carbocycles.